The van der Waals surface area contributed by atoms with Gasteiger partial charge in [-0.15, -0.1) is 10.2 Å². The van der Waals surface area contributed by atoms with Gasteiger partial charge in [0.15, 0.2) is 5.82 Å². The SMILES string of the molecule is CC(C)C[C@@H](NC(=O)CSc1nnc(-c2ccc(F)cc2)n1N)c1ccccc1. The van der Waals surface area contributed by atoms with Gasteiger partial charge < -0.3 is 11.2 Å². The monoisotopic (exact) mass is 413 g/mol. The summed E-state index contributed by atoms with van der Waals surface area (Å²) in [6, 6.07) is 15.7. The Hall–Kier alpha value is -2.87. The van der Waals surface area contributed by atoms with E-state index >= 15 is 0 Å². The van der Waals surface area contributed by atoms with Gasteiger partial charge in [0.05, 0.1) is 11.8 Å². The Labute approximate surface area is 173 Å². The highest BCUT2D eigenvalue weighted by atomic mass is 32.2. The van der Waals surface area contributed by atoms with Crippen LogP contribution in [0.4, 0.5) is 4.39 Å². The number of hydrogen-bond acceptors (Lipinski definition) is 5. The molecule has 0 unspecified atom stereocenters. The number of carbonyl (C=O) groups excluding carboxylic acids is 1. The van der Waals surface area contributed by atoms with E-state index in [1.165, 1.54) is 28.6 Å². The van der Waals surface area contributed by atoms with Gasteiger partial charge >= 0.3 is 0 Å². The quantitative estimate of drug-likeness (QED) is 0.433. The number of thioether (sulfide) groups is 1. The number of benzene rings is 2. The van der Waals surface area contributed by atoms with Gasteiger partial charge in [-0.05, 0) is 42.2 Å². The minimum Gasteiger partial charge on any atom is -0.349 e. The number of rotatable bonds is 8. The molecule has 0 saturated heterocycles. The fourth-order valence-electron chi connectivity index (χ4n) is 2.97. The predicted molar refractivity (Wildman–Crippen MR) is 113 cm³/mol. The first kappa shape index (κ1) is 20.9. The van der Waals surface area contributed by atoms with E-state index < -0.39 is 0 Å². The molecular weight excluding hydrogens is 389 g/mol. The molecular formula is C21H24FN5OS. The van der Waals surface area contributed by atoms with Crippen LogP contribution in [-0.2, 0) is 4.79 Å². The van der Waals surface area contributed by atoms with Crippen LogP contribution in [0.15, 0.2) is 59.8 Å². The molecule has 0 aliphatic rings. The molecule has 29 heavy (non-hydrogen) atoms. The van der Waals surface area contributed by atoms with Crippen molar-refractivity contribution in [3.8, 4) is 11.4 Å². The first-order valence-corrected chi connectivity index (χ1v) is 10.4. The Morgan fingerprint density at radius 2 is 1.83 bits per heavy atom. The lowest BCUT2D eigenvalue weighted by atomic mass is 9.97. The Balaban J connectivity index is 1.63. The predicted octanol–water partition coefficient (Wildman–Crippen LogP) is 3.79. The minimum atomic E-state index is -0.336. The van der Waals surface area contributed by atoms with Crippen molar-refractivity contribution in [2.45, 2.75) is 31.5 Å². The molecule has 0 radical (unpaired) electrons. The average Bonchev–Trinajstić information content (AvgIpc) is 3.07. The average molecular weight is 414 g/mol. The minimum absolute atomic E-state index is 0.0465. The molecule has 0 bridgehead atoms. The smallest absolute Gasteiger partial charge is 0.230 e. The highest BCUT2D eigenvalue weighted by Gasteiger charge is 2.18. The lowest BCUT2D eigenvalue weighted by Gasteiger charge is -2.21. The maximum Gasteiger partial charge on any atom is 0.230 e. The van der Waals surface area contributed by atoms with E-state index in [4.69, 9.17) is 5.84 Å². The third kappa shape index (κ3) is 5.57. The van der Waals surface area contributed by atoms with Crippen LogP contribution in [-0.4, -0.2) is 26.5 Å². The highest BCUT2D eigenvalue weighted by Crippen LogP contribution is 2.24. The highest BCUT2D eigenvalue weighted by molar-refractivity contribution is 7.99. The molecule has 0 aliphatic heterocycles. The standard InChI is InChI=1S/C21H24FN5OS/c1-14(2)12-18(15-6-4-3-5-7-15)24-19(28)13-29-21-26-25-20(27(21)23)16-8-10-17(22)11-9-16/h3-11,14,18H,12-13,23H2,1-2H3,(H,24,28)/t18-/m1/s1. The fraction of sp³-hybridized carbons (Fsp3) is 0.286. The Bertz CT molecular complexity index is 943. The fourth-order valence-corrected chi connectivity index (χ4v) is 3.64. The number of hydrogen-bond donors (Lipinski definition) is 2. The van der Waals surface area contributed by atoms with Crippen LogP contribution in [0.1, 0.15) is 31.9 Å². The molecule has 1 amide bonds. The molecule has 152 valence electrons. The van der Waals surface area contributed by atoms with Gasteiger partial charge in [-0.3, -0.25) is 4.79 Å². The molecule has 1 atom stereocenters. The molecule has 1 heterocycles. The van der Waals surface area contributed by atoms with E-state index in [-0.39, 0.29) is 23.5 Å². The van der Waals surface area contributed by atoms with Gasteiger partial charge in [-0.2, -0.15) is 0 Å². The van der Waals surface area contributed by atoms with E-state index in [0.29, 0.717) is 22.5 Å². The van der Waals surface area contributed by atoms with Gasteiger partial charge in [-0.25, -0.2) is 9.07 Å². The Kier molecular flexibility index (Phi) is 6.87. The maximum absolute atomic E-state index is 13.1. The first-order chi connectivity index (χ1) is 13.9. The summed E-state index contributed by atoms with van der Waals surface area (Å²) in [5.74, 6) is 6.65. The van der Waals surface area contributed by atoms with Gasteiger partial charge in [0.25, 0.3) is 0 Å². The van der Waals surface area contributed by atoms with Crippen molar-refractivity contribution in [3.05, 3.63) is 66.0 Å². The summed E-state index contributed by atoms with van der Waals surface area (Å²) in [5, 5.41) is 11.6. The van der Waals surface area contributed by atoms with Crippen molar-refractivity contribution in [1.82, 2.24) is 20.2 Å². The third-order valence-electron chi connectivity index (χ3n) is 4.34. The molecule has 3 N–H and O–H groups in total. The number of nitrogen functional groups attached to an aromatic ring is 1. The number of nitrogens with zero attached hydrogens (tertiary/aromatic N) is 3. The topological polar surface area (TPSA) is 85.8 Å². The van der Waals surface area contributed by atoms with Crippen molar-refractivity contribution in [2.75, 3.05) is 11.6 Å². The van der Waals surface area contributed by atoms with Crippen molar-refractivity contribution >= 4 is 17.7 Å². The number of aromatic nitrogens is 3. The van der Waals surface area contributed by atoms with Crippen LogP contribution in [0, 0.1) is 11.7 Å². The molecule has 3 rings (SSSR count). The van der Waals surface area contributed by atoms with Crippen molar-refractivity contribution < 1.29 is 9.18 Å². The summed E-state index contributed by atoms with van der Waals surface area (Å²) < 4.78 is 14.4. The summed E-state index contributed by atoms with van der Waals surface area (Å²) in [6.45, 7) is 4.26. The molecule has 0 spiro atoms. The van der Waals surface area contributed by atoms with Gasteiger partial charge in [-0.1, -0.05) is 55.9 Å². The van der Waals surface area contributed by atoms with E-state index in [2.05, 4.69) is 29.4 Å². The molecule has 0 fully saturated rings. The second-order valence-electron chi connectivity index (χ2n) is 7.13. The zero-order valence-electron chi connectivity index (χ0n) is 16.4. The van der Waals surface area contributed by atoms with Gasteiger partial charge in [0, 0.05) is 5.56 Å². The van der Waals surface area contributed by atoms with E-state index in [0.717, 1.165) is 12.0 Å². The normalized spacial score (nSPS) is 12.1. The van der Waals surface area contributed by atoms with Crippen molar-refractivity contribution in [3.63, 3.8) is 0 Å². The number of halogens is 1. The van der Waals surface area contributed by atoms with Gasteiger partial charge in [0.2, 0.25) is 11.1 Å². The van der Waals surface area contributed by atoms with E-state index in [9.17, 15) is 9.18 Å². The summed E-state index contributed by atoms with van der Waals surface area (Å²) in [5.41, 5.74) is 1.74. The van der Waals surface area contributed by atoms with Crippen LogP contribution < -0.4 is 11.2 Å². The van der Waals surface area contributed by atoms with Crippen LogP contribution in [0.5, 0.6) is 0 Å². The van der Waals surface area contributed by atoms with Crippen LogP contribution in [0.3, 0.4) is 0 Å². The summed E-state index contributed by atoms with van der Waals surface area (Å²) >= 11 is 1.21. The lowest BCUT2D eigenvalue weighted by Crippen LogP contribution is -2.31. The number of nitrogens with two attached hydrogens (primary N) is 1. The lowest BCUT2D eigenvalue weighted by molar-refractivity contribution is -0.119. The van der Waals surface area contributed by atoms with Crippen LogP contribution >= 0.6 is 11.8 Å². The molecule has 2 aromatic carbocycles. The second kappa shape index (κ2) is 9.56. The number of nitrogens with one attached hydrogen (secondary N) is 1. The second-order valence-corrected chi connectivity index (χ2v) is 8.07. The third-order valence-corrected chi connectivity index (χ3v) is 5.29. The van der Waals surface area contributed by atoms with Crippen LogP contribution in [0.25, 0.3) is 11.4 Å². The molecule has 0 aliphatic carbocycles. The number of amides is 1. The van der Waals surface area contributed by atoms with Gasteiger partial charge in [0.1, 0.15) is 5.82 Å². The molecule has 6 nitrogen and oxygen atoms in total. The van der Waals surface area contributed by atoms with E-state index in [1.807, 2.05) is 30.3 Å². The zero-order valence-corrected chi connectivity index (χ0v) is 17.2. The number of carbonyl (C=O) groups is 1. The molecule has 1 aromatic heterocycles. The molecule has 0 saturated carbocycles. The maximum atomic E-state index is 13.1. The summed E-state index contributed by atoms with van der Waals surface area (Å²) in [7, 11) is 0. The molecule has 3 aromatic rings. The van der Waals surface area contributed by atoms with E-state index in [1.54, 1.807) is 12.1 Å². The summed E-state index contributed by atoms with van der Waals surface area (Å²) in [6.07, 6.45) is 0.849. The van der Waals surface area contributed by atoms with Crippen LogP contribution in [0.2, 0.25) is 0 Å². The van der Waals surface area contributed by atoms with Crippen molar-refractivity contribution in [2.24, 2.45) is 5.92 Å². The Morgan fingerprint density at radius 3 is 2.48 bits per heavy atom. The van der Waals surface area contributed by atoms with Crippen molar-refractivity contribution in [1.29, 1.82) is 0 Å². The Morgan fingerprint density at radius 1 is 1.14 bits per heavy atom. The summed E-state index contributed by atoms with van der Waals surface area (Å²) in [4.78, 5) is 12.5. The molecule has 8 heteroatoms. The zero-order chi connectivity index (χ0) is 20.8. The first-order valence-electron chi connectivity index (χ1n) is 9.37. The largest absolute Gasteiger partial charge is 0.349 e.